The minimum atomic E-state index is -0.500. The number of halogens is 3. The normalized spacial score (nSPS) is 11.2. The number of rotatable bonds is 2. The molecule has 0 aliphatic rings. The van der Waals surface area contributed by atoms with Crippen LogP contribution >= 0.6 is 34.2 Å². The summed E-state index contributed by atoms with van der Waals surface area (Å²) in [6, 6.07) is 9.98. The van der Waals surface area contributed by atoms with Crippen molar-refractivity contribution in [3.05, 3.63) is 66.9 Å². The van der Waals surface area contributed by atoms with Gasteiger partial charge >= 0.3 is 5.76 Å². The summed E-state index contributed by atoms with van der Waals surface area (Å²) >= 11 is 8.06. The van der Waals surface area contributed by atoms with Crippen molar-refractivity contribution in [2.75, 3.05) is 0 Å². The quantitative estimate of drug-likeness (QED) is 0.606. The van der Waals surface area contributed by atoms with Crippen molar-refractivity contribution in [1.29, 1.82) is 0 Å². The van der Waals surface area contributed by atoms with Gasteiger partial charge in [0.15, 0.2) is 5.58 Å². The molecule has 0 aliphatic heterocycles. The minimum absolute atomic E-state index is 0.0271. The van der Waals surface area contributed by atoms with Crippen molar-refractivity contribution >= 4 is 45.3 Å². The van der Waals surface area contributed by atoms with Gasteiger partial charge in [-0.2, -0.15) is 0 Å². The largest absolute Gasteiger partial charge is 0.420 e. The topological polar surface area (TPSA) is 35.1 Å². The molecule has 0 saturated carbocycles. The van der Waals surface area contributed by atoms with Crippen LogP contribution in [-0.4, -0.2) is 4.57 Å². The molecule has 3 aromatic rings. The Balaban J connectivity index is 2.13. The third-order valence-electron chi connectivity index (χ3n) is 2.99. The minimum Gasteiger partial charge on any atom is -0.408 e. The fraction of sp³-hybridized carbons (Fsp3) is 0.0714. The Hall–Kier alpha value is -1.34. The Morgan fingerprint density at radius 1 is 1.30 bits per heavy atom. The SMILES string of the molecule is O=c1oc2cc(I)ccc2n1Cc1cccc(F)c1Cl. The summed E-state index contributed by atoms with van der Waals surface area (Å²) in [5.41, 5.74) is 1.71. The summed E-state index contributed by atoms with van der Waals surface area (Å²) in [5, 5.41) is 0.0271. The molecular formula is C14H8ClFINO2. The van der Waals surface area contributed by atoms with Gasteiger partial charge in [0.2, 0.25) is 0 Å². The number of nitrogens with zero attached hydrogens (tertiary/aromatic N) is 1. The highest BCUT2D eigenvalue weighted by atomic mass is 127. The molecule has 1 heterocycles. The van der Waals surface area contributed by atoms with Crippen LogP contribution in [0.15, 0.2) is 45.6 Å². The highest BCUT2D eigenvalue weighted by Gasteiger charge is 2.12. The third-order valence-corrected chi connectivity index (χ3v) is 4.08. The fourth-order valence-electron chi connectivity index (χ4n) is 2.03. The molecule has 2 aromatic carbocycles. The van der Waals surface area contributed by atoms with Crippen molar-refractivity contribution in [2.45, 2.75) is 6.54 Å². The Morgan fingerprint density at radius 2 is 2.10 bits per heavy atom. The number of benzene rings is 2. The number of hydrogen-bond donors (Lipinski definition) is 0. The van der Waals surface area contributed by atoms with Gasteiger partial charge in [-0.05, 0) is 52.4 Å². The standard InChI is InChI=1S/C14H8ClFINO2/c15-13-8(2-1-3-10(13)16)7-18-11-5-4-9(17)6-12(11)20-14(18)19/h1-6H,7H2. The summed E-state index contributed by atoms with van der Waals surface area (Å²) in [5.74, 6) is -0.984. The Kier molecular flexibility index (Phi) is 3.55. The number of aromatic nitrogens is 1. The van der Waals surface area contributed by atoms with Gasteiger partial charge in [0, 0.05) is 3.57 Å². The van der Waals surface area contributed by atoms with E-state index in [0.717, 1.165) is 3.57 Å². The summed E-state index contributed by atoms with van der Waals surface area (Å²) in [4.78, 5) is 11.9. The van der Waals surface area contributed by atoms with Crippen LogP contribution in [-0.2, 0) is 6.54 Å². The molecule has 0 N–H and O–H groups in total. The molecule has 0 atom stereocenters. The average molecular weight is 404 g/mol. The molecule has 3 nitrogen and oxygen atoms in total. The molecule has 6 heteroatoms. The predicted molar refractivity (Wildman–Crippen MR) is 83.7 cm³/mol. The maximum Gasteiger partial charge on any atom is 0.420 e. The number of oxazole rings is 1. The van der Waals surface area contributed by atoms with Gasteiger partial charge in [-0.15, -0.1) is 0 Å². The molecule has 0 unspecified atom stereocenters. The van der Waals surface area contributed by atoms with Crippen molar-refractivity contribution in [3.8, 4) is 0 Å². The molecule has 0 radical (unpaired) electrons. The molecule has 102 valence electrons. The van der Waals surface area contributed by atoms with E-state index in [9.17, 15) is 9.18 Å². The molecule has 0 spiro atoms. The van der Waals surface area contributed by atoms with Crippen molar-refractivity contribution in [3.63, 3.8) is 0 Å². The van der Waals surface area contributed by atoms with Gasteiger partial charge in [-0.25, -0.2) is 9.18 Å². The zero-order chi connectivity index (χ0) is 14.3. The number of hydrogen-bond acceptors (Lipinski definition) is 2. The Labute approximate surface area is 132 Å². The van der Waals surface area contributed by atoms with Crippen molar-refractivity contribution < 1.29 is 8.81 Å². The van der Waals surface area contributed by atoms with Gasteiger partial charge in [0.05, 0.1) is 17.1 Å². The highest BCUT2D eigenvalue weighted by Crippen LogP contribution is 2.22. The van der Waals surface area contributed by atoms with Gasteiger partial charge < -0.3 is 4.42 Å². The lowest BCUT2D eigenvalue weighted by Gasteiger charge is -2.05. The molecule has 1 aromatic heterocycles. The Bertz CT molecular complexity index is 856. The molecule has 0 saturated heterocycles. The average Bonchev–Trinajstić information content (AvgIpc) is 2.70. The number of fused-ring (bicyclic) bond motifs is 1. The molecule has 0 aliphatic carbocycles. The monoisotopic (exact) mass is 403 g/mol. The maximum atomic E-state index is 13.4. The second-order valence-corrected chi connectivity index (χ2v) is 5.90. The lowest BCUT2D eigenvalue weighted by molar-refractivity contribution is 0.517. The lowest BCUT2D eigenvalue weighted by Crippen LogP contribution is -2.15. The molecule has 0 bridgehead atoms. The highest BCUT2D eigenvalue weighted by molar-refractivity contribution is 14.1. The van der Waals surface area contributed by atoms with E-state index in [1.165, 1.54) is 10.6 Å². The van der Waals surface area contributed by atoms with Crippen LogP contribution in [0.4, 0.5) is 4.39 Å². The molecule has 3 rings (SSSR count). The van der Waals surface area contributed by atoms with E-state index in [4.69, 9.17) is 16.0 Å². The van der Waals surface area contributed by atoms with E-state index in [0.29, 0.717) is 16.7 Å². The Morgan fingerprint density at radius 3 is 2.90 bits per heavy atom. The van der Waals surface area contributed by atoms with Gasteiger partial charge in [-0.3, -0.25) is 4.57 Å². The van der Waals surface area contributed by atoms with Gasteiger partial charge in [0.25, 0.3) is 0 Å². The van der Waals surface area contributed by atoms with Crippen LogP contribution in [0.1, 0.15) is 5.56 Å². The summed E-state index contributed by atoms with van der Waals surface area (Å²) in [6.45, 7) is 0.170. The van der Waals surface area contributed by atoms with Crippen LogP contribution in [0.25, 0.3) is 11.1 Å². The molecular weight excluding hydrogens is 396 g/mol. The van der Waals surface area contributed by atoms with Gasteiger partial charge in [-0.1, -0.05) is 23.7 Å². The maximum absolute atomic E-state index is 13.4. The summed E-state index contributed by atoms with van der Waals surface area (Å²) < 4.78 is 21.0. The van der Waals surface area contributed by atoms with Crippen LogP contribution in [0.2, 0.25) is 5.02 Å². The van der Waals surface area contributed by atoms with Crippen LogP contribution in [0.3, 0.4) is 0 Å². The van der Waals surface area contributed by atoms with Crippen molar-refractivity contribution in [2.24, 2.45) is 0 Å². The lowest BCUT2D eigenvalue weighted by atomic mass is 10.2. The zero-order valence-electron chi connectivity index (χ0n) is 10.1. The fourth-order valence-corrected chi connectivity index (χ4v) is 2.68. The van der Waals surface area contributed by atoms with Crippen LogP contribution in [0, 0.1) is 9.39 Å². The van der Waals surface area contributed by atoms with E-state index in [1.54, 1.807) is 24.3 Å². The van der Waals surface area contributed by atoms with Crippen LogP contribution < -0.4 is 5.76 Å². The zero-order valence-corrected chi connectivity index (χ0v) is 13.0. The first-order chi connectivity index (χ1) is 9.56. The van der Waals surface area contributed by atoms with E-state index in [2.05, 4.69) is 22.6 Å². The van der Waals surface area contributed by atoms with Crippen LogP contribution in [0.5, 0.6) is 0 Å². The van der Waals surface area contributed by atoms with E-state index in [1.807, 2.05) is 6.07 Å². The van der Waals surface area contributed by atoms with E-state index >= 15 is 0 Å². The van der Waals surface area contributed by atoms with E-state index in [-0.39, 0.29) is 11.6 Å². The predicted octanol–water partition coefficient (Wildman–Crippen LogP) is 4.04. The second kappa shape index (κ2) is 5.21. The molecule has 0 fully saturated rings. The first-order valence-corrected chi connectivity index (χ1v) is 7.24. The first-order valence-electron chi connectivity index (χ1n) is 5.78. The van der Waals surface area contributed by atoms with E-state index < -0.39 is 11.6 Å². The smallest absolute Gasteiger partial charge is 0.408 e. The molecule has 20 heavy (non-hydrogen) atoms. The van der Waals surface area contributed by atoms with Crippen molar-refractivity contribution in [1.82, 2.24) is 4.57 Å². The van der Waals surface area contributed by atoms with Gasteiger partial charge in [0.1, 0.15) is 5.82 Å². The first kappa shape index (κ1) is 13.6. The second-order valence-electron chi connectivity index (χ2n) is 4.28. The summed E-state index contributed by atoms with van der Waals surface area (Å²) in [6.07, 6.45) is 0. The third kappa shape index (κ3) is 2.35. The molecule has 0 amide bonds. The summed E-state index contributed by atoms with van der Waals surface area (Å²) in [7, 11) is 0.